The van der Waals surface area contributed by atoms with Gasteiger partial charge in [-0.3, -0.25) is 4.79 Å². The van der Waals surface area contributed by atoms with Crippen LogP contribution in [0.25, 0.3) is 11.0 Å². The van der Waals surface area contributed by atoms with E-state index in [4.69, 9.17) is 16.3 Å². The van der Waals surface area contributed by atoms with Crippen molar-refractivity contribution < 1.29 is 22.7 Å². The molecule has 3 aromatic rings. The summed E-state index contributed by atoms with van der Waals surface area (Å²) < 4.78 is 41.5. The van der Waals surface area contributed by atoms with Crippen molar-refractivity contribution in [3.63, 3.8) is 0 Å². The van der Waals surface area contributed by atoms with Crippen LogP contribution in [0.1, 0.15) is 36.0 Å². The van der Waals surface area contributed by atoms with Crippen LogP contribution >= 0.6 is 22.9 Å². The van der Waals surface area contributed by atoms with Crippen molar-refractivity contribution in [2.75, 3.05) is 6.61 Å². The number of hydrogen-bond donors (Lipinski definition) is 2. The molecule has 1 aliphatic rings. The number of aromatic nitrogens is 2. The zero-order chi connectivity index (χ0) is 20.8. The normalized spacial score (nSPS) is 19.9. The number of carbonyl (C=O) groups excluding carboxylic acids is 1. The Labute approximate surface area is 173 Å². The van der Waals surface area contributed by atoms with Gasteiger partial charge in [0.15, 0.2) is 11.7 Å². The number of amides is 1. The Morgan fingerprint density at radius 1 is 1.41 bits per heavy atom. The number of thiophene rings is 1. The van der Waals surface area contributed by atoms with Crippen molar-refractivity contribution in [2.24, 2.45) is 5.92 Å². The molecule has 1 aromatic carbocycles. The lowest BCUT2D eigenvalue weighted by Crippen LogP contribution is -2.28. The number of alkyl halides is 3. The fourth-order valence-corrected chi connectivity index (χ4v) is 4.24. The van der Waals surface area contributed by atoms with Crippen LogP contribution in [0.5, 0.6) is 5.06 Å². The molecular weight excluding hydrogens is 427 g/mol. The maximum atomic E-state index is 12.6. The molecule has 4 rings (SSSR count). The highest BCUT2D eigenvalue weighted by Crippen LogP contribution is 2.47. The molecule has 10 heteroatoms. The van der Waals surface area contributed by atoms with Crippen molar-refractivity contribution in [3.05, 3.63) is 46.1 Å². The number of carbonyl (C=O) groups is 1. The Bertz CT molecular complexity index is 1050. The Morgan fingerprint density at radius 3 is 2.93 bits per heavy atom. The highest BCUT2D eigenvalue weighted by atomic mass is 35.5. The molecule has 0 radical (unpaired) electrons. The predicted molar refractivity (Wildman–Crippen MR) is 104 cm³/mol. The number of fused-ring (bicyclic) bond motifs is 1. The highest BCUT2D eigenvalue weighted by molar-refractivity contribution is 7.13. The van der Waals surface area contributed by atoms with Gasteiger partial charge in [-0.1, -0.05) is 17.7 Å². The third-order valence-corrected chi connectivity index (χ3v) is 6.21. The summed E-state index contributed by atoms with van der Waals surface area (Å²) in [5.74, 6) is 0.428. The van der Waals surface area contributed by atoms with Crippen LogP contribution in [0.4, 0.5) is 13.2 Å². The maximum Gasteiger partial charge on any atom is 0.422 e. The van der Waals surface area contributed by atoms with E-state index in [9.17, 15) is 18.0 Å². The number of H-pyrrole nitrogens is 1. The van der Waals surface area contributed by atoms with Crippen LogP contribution in [0.2, 0.25) is 5.02 Å². The lowest BCUT2D eigenvalue weighted by molar-refractivity contribution is -0.152. The lowest BCUT2D eigenvalue weighted by atomic mass is 10.2. The summed E-state index contributed by atoms with van der Waals surface area (Å²) in [6.07, 6.45) is -3.70. The van der Waals surface area contributed by atoms with Gasteiger partial charge in [-0.15, -0.1) is 11.3 Å². The van der Waals surface area contributed by atoms with E-state index in [2.05, 4.69) is 15.3 Å². The van der Waals surface area contributed by atoms with Crippen molar-refractivity contribution in [3.8, 4) is 5.06 Å². The number of rotatable bonds is 6. The summed E-state index contributed by atoms with van der Waals surface area (Å²) in [6, 6.07) is 8.29. The molecule has 1 fully saturated rings. The van der Waals surface area contributed by atoms with Gasteiger partial charge in [-0.25, -0.2) is 4.98 Å². The molecule has 2 N–H and O–H groups in total. The van der Waals surface area contributed by atoms with Crippen LogP contribution < -0.4 is 10.1 Å². The molecule has 1 unspecified atom stereocenters. The molecule has 154 valence electrons. The number of benzene rings is 1. The molecule has 1 saturated carbocycles. The first-order valence-electron chi connectivity index (χ1n) is 8.95. The molecule has 0 bridgehead atoms. The monoisotopic (exact) mass is 443 g/mol. The first-order chi connectivity index (χ1) is 13.7. The van der Waals surface area contributed by atoms with Crippen molar-refractivity contribution >= 4 is 39.9 Å². The van der Waals surface area contributed by atoms with Gasteiger partial charge in [-0.2, -0.15) is 13.2 Å². The summed E-state index contributed by atoms with van der Waals surface area (Å²) in [4.78, 5) is 21.0. The fourth-order valence-electron chi connectivity index (χ4n) is 3.17. The topological polar surface area (TPSA) is 67.0 Å². The van der Waals surface area contributed by atoms with Gasteiger partial charge in [0, 0.05) is 16.7 Å². The maximum absolute atomic E-state index is 12.6. The Morgan fingerprint density at radius 2 is 2.21 bits per heavy atom. The largest absolute Gasteiger partial charge is 0.475 e. The van der Waals surface area contributed by atoms with Gasteiger partial charge in [-0.05, 0) is 37.6 Å². The zero-order valence-corrected chi connectivity index (χ0v) is 16.8. The molecule has 1 amide bonds. The molecule has 1 aliphatic carbocycles. The predicted octanol–water partition coefficient (Wildman–Crippen LogP) is 5.20. The molecule has 0 saturated heterocycles. The number of para-hydroxylation sites is 1. The summed E-state index contributed by atoms with van der Waals surface area (Å²) in [5, 5.41) is 3.64. The van der Waals surface area contributed by atoms with E-state index < -0.39 is 12.8 Å². The van der Waals surface area contributed by atoms with Crippen LogP contribution in [-0.2, 0) is 4.79 Å². The number of hydrogen-bond acceptors (Lipinski definition) is 4. The Kier molecular flexibility index (Phi) is 5.20. The summed E-state index contributed by atoms with van der Waals surface area (Å²) in [5.41, 5.74) is 1.52. The van der Waals surface area contributed by atoms with Gasteiger partial charge in [0.1, 0.15) is 11.3 Å². The quantitative estimate of drug-likeness (QED) is 0.550. The van der Waals surface area contributed by atoms with Gasteiger partial charge >= 0.3 is 6.18 Å². The highest BCUT2D eigenvalue weighted by Gasteiger charge is 2.46. The van der Waals surface area contributed by atoms with Gasteiger partial charge in [0.05, 0.1) is 16.6 Å². The average Bonchev–Trinajstić information content (AvgIpc) is 3.10. The molecule has 5 nitrogen and oxygen atoms in total. The summed E-state index contributed by atoms with van der Waals surface area (Å²) in [6.45, 7) is 0.453. The summed E-state index contributed by atoms with van der Waals surface area (Å²) >= 11 is 7.23. The van der Waals surface area contributed by atoms with E-state index in [1.54, 1.807) is 19.1 Å². The van der Waals surface area contributed by atoms with Gasteiger partial charge in [0.2, 0.25) is 5.91 Å². The number of aromatic amines is 1. The molecular formula is C19H17ClF3N3O2S. The minimum absolute atomic E-state index is 0.000294. The van der Waals surface area contributed by atoms with E-state index in [-0.39, 0.29) is 28.8 Å². The van der Waals surface area contributed by atoms with E-state index in [1.165, 1.54) is 6.07 Å². The minimum atomic E-state index is -4.38. The van der Waals surface area contributed by atoms with Crippen LogP contribution in [0, 0.1) is 5.92 Å². The van der Waals surface area contributed by atoms with Gasteiger partial charge < -0.3 is 15.0 Å². The van der Waals surface area contributed by atoms with E-state index in [0.717, 1.165) is 27.6 Å². The number of imidazole rings is 1. The first-order valence-corrected chi connectivity index (χ1v) is 10.1. The molecule has 2 aromatic heterocycles. The smallest absolute Gasteiger partial charge is 0.422 e. The Balaban J connectivity index is 1.35. The number of nitrogens with zero attached hydrogens (tertiary/aromatic N) is 1. The number of ether oxygens (including phenoxy) is 1. The molecule has 29 heavy (non-hydrogen) atoms. The summed E-state index contributed by atoms with van der Waals surface area (Å²) in [7, 11) is 0. The second-order valence-corrected chi connectivity index (χ2v) is 8.48. The van der Waals surface area contributed by atoms with E-state index in [0.29, 0.717) is 17.0 Å². The fraction of sp³-hybridized carbons (Fsp3) is 0.368. The van der Waals surface area contributed by atoms with Crippen LogP contribution in [0.3, 0.4) is 0 Å². The lowest BCUT2D eigenvalue weighted by Gasteiger charge is -2.12. The standard InChI is InChI=1S/C19H17ClF3N3O2S/c1-9(14-5-6-15(29-14)28-8-19(21,22)23)24-18(27)11-7-10(11)17-25-13-4-2-3-12(20)16(13)26-17/h2-6,9-11H,7-8H2,1H3,(H,24,27)(H,25,26)/t9?,10-,11-/m0/s1. The van der Waals surface area contributed by atoms with Crippen molar-refractivity contribution in [1.29, 1.82) is 0 Å². The first kappa shape index (κ1) is 20.0. The Hall–Kier alpha value is -2.26. The molecule has 2 heterocycles. The van der Waals surface area contributed by atoms with E-state index in [1.807, 2.05) is 12.1 Å². The third-order valence-electron chi connectivity index (χ3n) is 4.73. The number of halogens is 4. The molecule has 0 aliphatic heterocycles. The average molecular weight is 444 g/mol. The zero-order valence-electron chi connectivity index (χ0n) is 15.2. The van der Waals surface area contributed by atoms with Gasteiger partial charge in [0.25, 0.3) is 0 Å². The van der Waals surface area contributed by atoms with Crippen molar-refractivity contribution in [1.82, 2.24) is 15.3 Å². The molecule has 3 atom stereocenters. The van der Waals surface area contributed by atoms with Crippen LogP contribution in [0.15, 0.2) is 30.3 Å². The second-order valence-electron chi connectivity index (χ2n) is 7.00. The number of nitrogens with one attached hydrogen (secondary N) is 2. The van der Waals surface area contributed by atoms with Crippen molar-refractivity contribution in [2.45, 2.75) is 31.5 Å². The SMILES string of the molecule is CC(NC(=O)[C@H]1C[C@@H]1c1nc2c(Cl)cccc2[nH]1)c1ccc(OCC(F)(F)F)s1. The third kappa shape index (κ3) is 4.51. The second kappa shape index (κ2) is 7.53. The van der Waals surface area contributed by atoms with Crippen LogP contribution in [-0.4, -0.2) is 28.7 Å². The minimum Gasteiger partial charge on any atom is -0.475 e. The molecule has 0 spiro atoms. The van der Waals surface area contributed by atoms with E-state index >= 15 is 0 Å².